The summed E-state index contributed by atoms with van der Waals surface area (Å²) in [6.07, 6.45) is 3.50. The third-order valence-electron chi connectivity index (χ3n) is 1.45. The Labute approximate surface area is 78.6 Å². The van der Waals surface area contributed by atoms with Crippen molar-refractivity contribution < 1.29 is 0 Å². The van der Waals surface area contributed by atoms with Crippen molar-refractivity contribution in [2.75, 3.05) is 0 Å². The molecular weight excluding hydrogens is 194 g/mol. The topological polar surface area (TPSA) is 30.7 Å². The van der Waals surface area contributed by atoms with Gasteiger partial charge in [-0.25, -0.2) is 9.67 Å². The van der Waals surface area contributed by atoms with Crippen LogP contribution in [0.1, 0.15) is 5.69 Å². The quantitative estimate of drug-likeness (QED) is 0.706. The van der Waals surface area contributed by atoms with Gasteiger partial charge < -0.3 is 0 Å². The summed E-state index contributed by atoms with van der Waals surface area (Å²) < 4.78 is 1.68. The normalized spacial score (nSPS) is 10.5. The van der Waals surface area contributed by atoms with Gasteiger partial charge in [-0.2, -0.15) is 5.10 Å². The molecule has 2 rings (SSSR count). The molecule has 0 bridgehead atoms. The lowest BCUT2D eigenvalue weighted by atomic mass is 10.5. The third-order valence-corrected chi connectivity index (χ3v) is 2.59. The van der Waals surface area contributed by atoms with Crippen molar-refractivity contribution in [2.45, 2.75) is 6.92 Å². The zero-order valence-corrected chi connectivity index (χ0v) is 7.93. The lowest BCUT2D eigenvalue weighted by Crippen LogP contribution is -1.92. The molecule has 0 aliphatic carbocycles. The number of rotatable bonds is 1. The van der Waals surface area contributed by atoms with Gasteiger partial charge in [0.05, 0.1) is 16.9 Å². The highest BCUT2D eigenvalue weighted by molar-refractivity contribution is 7.12. The second kappa shape index (κ2) is 2.88. The Bertz CT molecular complexity index is 360. The van der Waals surface area contributed by atoms with Crippen LogP contribution in [0.4, 0.5) is 0 Å². The van der Waals surface area contributed by atoms with Crippen molar-refractivity contribution in [3.05, 3.63) is 28.5 Å². The molecule has 2 heterocycles. The predicted molar refractivity (Wildman–Crippen MR) is 49.0 cm³/mol. The molecule has 2 aromatic rings. The van der Waals surface area contributed by atoms with Crippen LogP contribution in [-0.2, 0) is 0 Å². The Morgan fingerprint density at radius 3 is 2.92 bits per heavy atom. The van der Waals surface area contributed by atoms with Crippen LogP contribution in [0.15, 0.2) is 17.8 Å². The van der Waals surface area contributed by atoms with E-state index in [0.717, 1.165) is 10.8 Å². The van der Waals surface area contributed by atoms with Crippen LogP contribution in [0.3, 0.4) is 0 Å². The fourth-order valence-electron chi connectivity index (χ4n) is 0.866. The Morgan fingerprint density at radius 1 is 1.58 bits per heavy atom. The zero-order chi connectivity index (χ0) is 8.55. The molecule has 0 amide bonds. The van der Waals surface area contributed by atoms with Gasteiger partial charge in [0, 0.05) is 11.6 Å². The minimum absolute atomic E-state index is 0.671. The average molecular weight is 200 g/mol. The molecule has 5 heteroatoms. The summed E-state index contributed by atoms with van der Waals surface area (Å²) in [6, 6.07) is 0. The second-order valence-electron chi connectivity index (χ2n) is 2.32. The van der Waals surface area contributed by atoms with E-state index in [1.54, 1.807) is 17.1 Å². The van der Waals surface area contributed by atoms with Gasteiger partial charge >= 0.3 is 0 Å². The molecule has 0 unspecified atom stereocenters. The molecule has 0 fully saturated rings. The van der Waals surface area contributed by atoms with Gasteiger partial charge in [0.15, 0.2) is 0 Å². The van der Waals surface area contributed by atoms with Crippen LogP contribution < -0.4 is 0 Å². The van der Waals surface area contributed by atoms with E-state index >= 15 is 0 Å². The largest absolute Gasteiger partial charge is 0.227 e. The zero-order valence-electron chi connectivity index (χ0n) is 6.36. The van der Waals surface area contributed by atoms with Gasteiger partial charge in [0.2, 0.25) is 5.13 Å². The summed E-state index contributed by atoms with van der Waals surface area (Å²) in [5.74, 6) is 0. The van der Waals surface area contributed by atoms with E-state index in [2.05, 4.69) is 10.1 Å². The van der Waals surface area contributed by atoms with E-state index in [9.17, 15) is 0 Å². The Hall–Kier alpha value is -0.870. The molecule has 0 spiro atoms. The Morgan fingerprint density at radius 2 is 2.42 bits per heavy atom. The van der Waals surface area contributed by atoms with Gasteiger partial charge in [-0.1, -0.05) is 11.6 Å². The molecule has 62 valence electrons. The second-order valence-corrected chi connectivity index (χ2v) is 3.60. The van der Waals surface area contributed by atoms with E-state index in [1.807, 2.05) is 12.3 Å². The van der Waals surface area contributed by atoms with Crippen LogP contribution in [0.25, 0.3) is 5.13 Å². The van der Waals surface area contributed by atoms with Gasteiger partial charge in [-0.05, 0) is 6.92 Å². The minimum Gasteiger partial charge on any atom is -0.227 e. The highest BCUT2D eigenvalue weighted by atomic mass is 35.5. The summed E-state index contributed by atoms with van der Waals surface area (Å²) in [5, 5.41) is 7.60. The molecule has 3 nitrogen and oxygen atoms in total. The van der Waals surface area contributed by atoms with E-state index in [4.69, 9.17) is 11.6 Å². The van der Waals surface area contributed by atoms with Crippen molar-refractivity contribution in [3.8, 4) is 5.13 Å². The number of halogens is 1. The molecule has 0 aliphatic heterocycles. The molecule has 0 atom stereocenters. The molecule has 0 saturated heterocycles. The number of aromatic nitrogens is 3. The maximum Gasteiger partial charge on any atom is 0.210 e. The number of hydrogen-bond acceptors (Lipinski definition) is 3. The molecular formula is C7H6ClN3S. The van der Waals surface area contributed by atoms with E-state index < -0.39 is 0 Å². The van der Waals surface area contributed by atoms with Crippen molar-refractivity contribution in [3.63, 3.8) is 0 Å². The first kappa shape index (κ1) is 7.76. The molecule has 0 saturated carbocycles. The minimum atomic E-state index is 0.671. The highest BCUT2D eigenvalue weighted by Gasteiger charge is 2.04. The van der Waals surface area contributed by atoms with E-state index in [0.29, 0.717) is 5.02 Å². The van der Waals surface area contributed by atoms with Crippen LogP contribution in [-0.4, -0.2) is 14.8 Å². The average Bonchev–Trinajstić information content (AvgIpc) is 2.61. The molecule has 0 radical (unpaired) electrons. The number of hydrogen-bond donors (Lipinski definition) is 0. The van der Waals surface area contributed by atoms with Crippen molar-refractivity contribution in [1.29, 1.82) is 0 Å². The summed E-state index contributed by atoms with van der Waals surface area (Å²) in [4.78, 5) is 4.10. The van der Waals surface area contributed by atoms with Gasteiger partial charge in [-0.3, -0.25) is 0 Å². The lowest BCUT2D eigenvalue weighted by Gasteiger charge is -1.90. The van der Waals surface area contributed by atoms with Crippen molar-refractivity contribution in [2.24, 2.45) is 0 Å². The standard InChI is InChI=1S/C7H6ClN3S/c1-5-6(8)4-11(10-5)7-9-2-3-12-7/h2-4H,1H3. The maximum atomic E-state index is 5.84. The smallest absolute Gasteiger partial charge is 0.210 e. The van der Waals surface area contributed by atoms with Crippen LogP contribution in [0.2, 0.25) is 5.02 Å². The summed E-state index contributed by atoms with van der Waals surface area (Å²) in [5.41, 5.74) is 0.826. The van der Waals surface area contributed by atoms with Gasteiger partial charge in [0.25, 0.3) is 0 Å². The summed E-state index contributed by atoms with van der Waals surface area (Å²) in [6.45, 7) is 1.87. The molecule has 12 heavy (non-hydrogen) atoms. The number of aryl methyl sites for hydroxylation is 1. The lowest BCUT2D eigenvalue weighted by molar-refractivity contribution is 0.853. The SMILES string of the molecule is Cc1nn(-c2nccs2)cc1Cl. The van der Waals surface area contributed by atoms with E-state index in [-0.39, 0.29) is 0 Å². The van der Waals surface area contributed by atoms with Crippen molar-refractivity contribution >= 4 is 22.9 Å². The molecule has 2 aromatic heterocycles. The van der Waals surface area contributed by atoms with Crippen LogP contribution >= 0.6 is 22.9 Å². The van der Waals surface area contributed by atoms with Gasteiger partial charge in [0.1, 0.15) is 0 Å². The number of nitrogens with zero attached hydrogens (tertiary/aromatic N) is 3. The summed E-state index contributed by atoms with van der Waals surface area (Å²) in [7, 11) is 0. The molecule has 0 aromatic carbocycles. The van der Waals surface area contributed by atoms with Crippen molar-refractivity contribution in [1.82, 2.24) is 14.8 Å². The van der Waals surface area contributed by atoms with Crippen LogP contribution in [0, 0.1) is 6.92 Å². The first-order valence-electron chi connectivity index (χ1n) is 3.39. The first-order valence-corrected chi connectivity index (χ1v) is 4.65. The maximum absolute atomic E-state index is 5.84. The van der Waals surface area contributed by atoms with Crippen LogP contribution in [0.5, 0.6) is 0 Å². The predicted octanol–water partition coefficient (Wildman–Crippen LogP) is 2.29. The molecule has 0 aliphatic rings. The van der Waals surface area contributed by atoms with E-state index in [1.165, 1.54) is 11.3 Å². The fraction of sp³-hybridized carbons (Fsp3) is 0.143. The first-order chi connectivity index (χ1) is 5.77. The monoisotopic (exact) mass is 199 g/mol. The van der Waals surface area contributed by atoms with Gasteiger partial charge in [-0.15, -0.1) is 11.3 Å². The Kier molecular flexibility index (Phi) is 1.86. The highest BCUT2D eigenvalue weighted by Crippen LogP contribution is 2.17. The third kappa shape index (κ3) is 1.23. The Balaban J connectivity index is 2.48. The summed E-state index contributed by atoms with van der Waals surface area (Å²) >= 11 is 7.37. The number of thiazole rings is 1. The molecule has 0 N–H and O–H groups in total. The fourth-order valence-corrected chi connectivity index (χ4v) is 1.56.